The number of nitrogens with zero attached hydrogens (tertiary/aromatic N) is 1. The molecule has 3 nitrogen and oxygen atoms in total. The maximum absolute atomic E-state index is 13.2. The predicted octanol–water partition coefficient (Wildman–Crippen LogP) is 2.23. The van der Waals surface area contributed by atoms with E-state index in [0.717, 1.165) is 24.0 Å². The molecule has 1 aromatic rings. The van der Waals surface area contributed by atoms with Crippen molar-refractivity contribution in [3.8, 4) is 0 Å². The third kappa shape index (κ3) is 2.95. The van der Waals surface area contributed by atoms with Crippen LogP contribution in [0, 0.1) is 5.82 Å². The molecule has 0 saturated carbocycles. The first-order valence-electron chi connectivity index (χ1n) is 6.79. The predicted molar refractivity (Wildman–Crippen MR) is 73.0 cm³/mol. The molecule has 0 aromatic heterocycles. The smallest absolute Gasteiger partial charge is 0.242 e. The number of hydrogen-bond donors (Lipinski definition) is 1. The zero-order valence-electron chi connectivity index (χ0n) is 11.6. The number of rotatable bonds is 3. The molecule has 0 bridgehead atoms. The highest BCUT2D eigenvalue weighted by molar-refractivity contribution is 5.85. The van der Waals surface area contributed by atoms with Crippen LogP contribution in [0.5, 0.6) is 0 Å². The third-order valence-electron chi connectivity index (χ3n) is 3.73. The van der Waals surface area contributed by atoms with E-state index in [1.165, 1.54) is 12.1 Å². The minimum Gasteiger partial charge on any atom is -0.336 e. The summed E-state index contributed by atoms with van der Waals surface area (Å²) in [6.45, 7) is 4.91. The number of fused-ring (bicyclic) bond motifs is 1. The summed E-state index contributed by atoms with van der Waals surface area (Å²) in [6, 6.07) is 4.79. The second-order valence-electron chi connectivity index (χ2n) is 5.56. The standard InChI is InChI=1S/C15H21FN2O/c1-3-7-15(2,17)14(19)18-8-6-11-4-5-13(16)9-12(11)10-18/h4-5,9H,3,6-8,10,17H2,1-2H3/t15-/m0/s1. The Labute approximate surface area is 113 Å². The second kappa shape index (κ2) is 5.29. The Balaban J connectivity index is 2.15. The van der Waals surface area contributed by atoms with Crippen molar-refractivity contribution in [2.45, 2.75) is 45.2 Å². The summed E-state index contributed by atoms with van der Waals surface area (Å²) in [5.74, 6) is -0.290. The van der Waals surface area contributed by atoms with Crippen molar-refractivity contribution in [3.63, 3.8) is 0 Å². The first kappa shape index (κ1) is 14.0. The van der Waals surface area contributed by atoms with Gasteiger partial charge in [0.15, 0.2) is 0 Å². The van der Waals surface area contributed by atoms with Crippen LogP contribution in [0.3, 0.4) is 0 Å². The molecular weight excluding hydrogens is 243 g/mol. The van der Waals surface area contributed by atoms with Gasteiger partial charge in [-0.1, -0.05) is 19.4 Å². The van der Waals surface area contributed by atoms with Crippen LogP contribution in [0.2, 0.25) is 0 Å². The van der Waals surface area contributed by atoms with Gasteiger partial charge in [0, 0.05) is 13.1 Å². The Hall–Kier alpha value is -1.42. The van der Waals surface area contributed by atoms with E-state index < -0.39 is 5.54 Å². The molecule has 2 rings (SSSR count). The van der Waals surface area contributed by atoms with Gasteiger partial charge in [-0.15, -0.1) is 0 Å². The minimum atomic E-state index is -0.820. The molecule has 1 amide bonds. The summed E-state index contributed by atoms with van der Waals surface area (Å²) in [5.41, 5.74) is 7.29. The average Bonchev–Trinajstić information content (AvgIpc) is 2.36. The van der Waals surface area contributed by atoms with Crippen molar-refractivity contribution in [1.82, 2.24) is 4.90 Å². The van der Waals surface area contributed by atoms with Crippen molar-refractivity contribution >= 4 is 5.91 Å². The molecule has 4 heteroatoms. The molecule has 1 heterocycles. The maximum atomic E-state index is 13.2. The summed E-state index contributed by atoms with van der Waals surface area (Å²) < 4.78 is 13.2. The fourth-order valence-corrected chi connectivity index (χ4v) is 2.69. The zero-order valence-corrected chi connectivity index (χ0v) is 11.6. The number of amides is 1. The topological polar surface area (TPSA) is 46.3 Å². The Morgan fingerprint density at radius 1 is 1.47 bits per heavy atom. The lowest BCUT2D eigenvalue weighted by atomic mass is 9.93. The van der Waals surface area contributed by atoms with E-state index in [1.54, 1.807) is 17.9 Å². The van der Waals surface area contributed by atoms with E-state index in [-0.39, 0.29) is 11.7 Å². The lowest BCUT2D eigenvalue weighted by Gasteiger charge is -2.35. The summed E-state index contributed by atoms with van der Waals surface area (Å²) in [7, 11) is 0. The van der Waals surface area contributed by atoms with Gasteiger partial charge in [-0.05, 0) is 43.0 Å². The molecule has 0 radical (unpaired) electrons. The van der Waals surface area contributed by atoms with E-state index in [4.69, 9.17) is 5.73 Å². The highest BCUT2D eigenvalue weighted by Gasteiger charge is 2.33. The molecule has 1 aliphatic rings. The van der Waals surface area contributed by atoms with E-state index in [1.807, 2.05) is 6.92 Å². The lowest BCUT2D eigenvalue weighted by molar-refractivity contribution is -0.137. The normalized spacial score (nSPS) is 17.8. The van der Waals surface area contributed by atoms with Gasteiger partial charge in [0.25, 0.3) is 0 Å². The van der Waals surface area contributed by atoms with Crippen molar-refractivity contribution < 1.29 is 9.18 Å². The van der Waals surface area contributed by atoms with Gasteiger partial charge in [0.1, 0.15) is 5.82 Å². The first-order valence-corrected chi connectivity index (χ1v) is 6.79. The lowest BCUT2D eigenvalue weighted by Crippen LogP contribution is -2.54. The van der Waals surface area contributed by atoms with Crippen LogP contribution < -0.4 is 5.73 Å². The van der Waals surface area contributed by atoms with Crippen molar-refractivity contribution in [2.75, 3.05) is 6.54 Å². The highest BCUT2D eigenvalue weighted by Crippen LogP contribution is 2.23. The maximum Gasteiger partial charge on any atom is 0.242 e. The van der Waals surface area contributed by atoms with Gasteiger partial charge in [-0.3, -0.25) is 4.79 Å². The fourth-order valence-electron chi connectivity index (χ4n) is 2.69. The van der Waals surface area contributed by atoms with Crippen molar-refractivity contribution in [1.29, 1.82) is 0 Å². The van der Waals surface area contributed by atoms with Crippen LogP contribution in [-0.2, 0) is 17.8 Å². The quantitative estimate of drug-likeness (QED) is 0.910. The summed E-state index contributed by atoms with van der Waals surface area (Å²) in [6.07, 6.45) is 2.31. The summed E-state index contributed by atoms with van der Waals surface area (Å²) >= 11 is 0. The molecule has 0 spiro atoms. The number of hydrogen-bond acceptors (Lipinski definition) is 2. The third-order valence-corrected chi connectivity index (χ3v) is 3.73. The van der Waals surface area contributed by atoms with Crippen molar-refractivity contribution in [3.05, 3.63) is 35.1 Å². The van der Waals surface area contributed by atoms with Crippen molar-refractivity contribution in [2.24, 2.45) is 5.73 Å². The zero-order chi connectivity index (χ0) is 14.0. The molecular formula is C15H21FN2O. The molecule has 1 aromatic carbocycles. The van der Waals surface area contributed by atoms with Crippen LogP contribution in [0.4, 0.5) is 4.39 Å². The second-order valence-corrected chi connectivity index (χ2v) is 5.56. The molecule has 0 aliphatic carbocycles. The Bertz CT molecular complexity index is 485. The van der Waals surface area contributed by atoms with Gasteiger partial charge in [0.2, 0.25) is 5.91 Å². The molecule has 0 saturated heterocycles. The van der Waals surface area contributed by atoms with Gasteiger partial charge < -0.3 is 10.6 Å². The van der Waals surface area contributed by atoms with Crippen LogP contribution in [0.15, 0.2) is 18.2 Å². The monoisotopic (exact) mass is 264 g/mol. The Morgan fingerprint density at radius 2 is 2.21 bits per heavy atom. The number of benzene rings is 1. The van der Waals surface area contributed by atoms with Crippen LogP contribution in [-0.4, -0.2) is 22.9 Å². The molecule has 2 N–H and O–H groups in total. The first-order chi connectivity index (χ1) is 8.94. The highest BCUT2D eigenvalue weighted by atomic mass is 19.1. The molecule has 1 atom stereocenters. The summed E-state index contributed by atoms with van der Waals surface area (Å²) in [5, 5.41) is 0. The molecule has 0 unspecified atom stereocenters. The van der Waals surface area contributed by atoms with Gasteiger partial charge >= 0.3 is 0 Å². The van der Waals surface area contributed by atoms with Gasteiger partial charge in [-0.2, -0.15) is 0 Å². The Morgan fingerprint density at radius 3 is 2.89 bits per heavy atom. The number of halogens is 1. The minimum absolute atomic E-state index is 0.0377. The number of carbonyl (C=O) groups excluding carboxylic acids is 1. The molecule has 19 heavy (non-hydrogen) atoms. The summed E-state index contributed by atoms with van der Waals surface area (Å²) in [4.78, 5) is 14.2. The van der Waals surface area contributed by atoms with E-state index in [9.17, 15) is 9.18 Å². The van der Waals surface area contributed by atoms with E-state index in [2.05, 4.69) is 0 Å². The Kier molecular flexibility index (Phi) is 3.90. The van der Waals surface area contributed by atoms with Crippen LogP contribution >= 0.6 is 0 Å². The molecule has 0 fully saturated rings. The average molecular weight is 264 g/mol. The van der Waals surface area contributed by atoms with E-state index in [0.29, 0.717) is 19.5 Å². The SMILES string of the molecule is CCC[C@](C)(N)C(=O)N1CCc2ccc(F)cc2C1. The van der Waals surface area contributed by atoms with Crippen LogP contribution in [0.25, 0.3) is 0 Å². The van der Waals surface area contributed by atoms with Gasteiger partial charge in [-0.25, -0.2) is 4.39 Å². The van der Waals surface area contributed by atoms with Gasteiger partial charge in [0.05, 0.1) is 5.54 Å². The number of nitrogens with two attached hydrogens (primary N) is 1. The molecule has 104 valence electrons. The van der Waals surface area contributed by atoms with Crippen LogP contribution in [0.1, 0.15) is 37.8 Å². The van der Waals surface area contributed by atoms with E-state index >= 15 is 0 Å². The largest absolute Gasteiger partial charge is 0.336 e. The number of carbonyl (C=O) groups is 1. The molecule has 1 aliphatic heterocycles. The fraction of sp³-hybridized carbons (Fsp3) is 0.533.